The van der Waals surface area contributed by atoms with E-state index in [1.165, 1.54) is 188 Å². The number of hydrogen-bond donors (Lipinski definition) is 0. The molecule has 75 heavy (non-hydrogen) atoms. The predicted molar refractivity (Wildman–Crippen MR) is 295 cm³/mol. The van der Waals surface area contributed by atoms with E-state index in [1.54, 1.807) is 18.2 Å². The maximum atomic E-state index is 13.8. The molecule has 0 amide bonds. The molecule has 3 aromatic rings. The topological polar surface area (TPSA) is 71.4 Å². The molecule has 3 nitrogen and oxygen atoms in total. The zero-order valence-electron chi connectivity index (χ0n) is 45.1. The third kappa shape index (κ3) is 21.7. The molecule has 0 fully saturated rings. The van der Waals surface area contributed by atoms with Crippen molar-refractivity contribution in [3.05, 3.63) is 176 Å². The third-order valence-electron chi connectivity index (χ3n) is 14.5. The molecule has 0 saturated heterocycles. The Morgan fingerprint density at radius 1 is 0.347 bits per heavy atom. The normalized spacial score (nSPS) is 16.6. The molecule has 402 valence electrons. The van der Waals surface area contributed by atoms with Crippen molar-refractivity contribution in [1.82, 2.24) is 0 Å². The van der Waals surface area contributed by atoms with Crippen molar-refractivity contribution in [2.45, 2.75) is 212 Å². The van der Waals surface area contributed by atoms with Gasteiger partial charge in [-0.2, -0.15) is 15.8 Å². The van der Waals surface area contributed by atoms with Gasteiger partial charge in [-0.3, -0.25) is 0 Å². The largest absolute Gasteiger partial charge is 0.205 e. The summed E-state index contributed by atoms with van der Waals surface area (Å²) in [4.78, 5) is 0. The first-order valence-corrected chi connectivity index (χ1v) is 28.2. The van der Waals surface area contributed by atoms with E-state index in [0.29, 0.717) is 16.7 Å². The Morgan fingerprint density at radius 2 is 0.560 bits per heavy atom. The Labute approximate surface area is 446 Å². The summed E-state index contributed by atoms with van der Waals surface area (Å²) >= 11 is 0. The average molecular weight is 1030 g/mol. The van der Waals surface area contributed by atoms with E-state index in [-0.39, 0.29) is 17.8 Å². The van der Waals surface area contributed by atoms with Crippen molar-refractivity contribution in [3.8, 4) is 18.2 Å². The number of nitrogens with zero attached hydrogens (tertiary/aromatic N) is 3. The monoisotopic (exact) mass is 1030 g/mol. The van der Waals surface area contributed by atoms with Gasteiger partial charge in [-0.15, -0.1) is 0 Å². The van der Waals surface area contributed by atoms with Gasteiger partial charge in [-0.1, -0.05) is 208 Å². The molecule has 6 rings (SSSR count). The molecule has 0 saturated carbocycles. The fraction of sp³-hybridized carbons (Fsp3) is 0.500. The number of hydrogen-bond acceptors (Lipinski definition) is 3. The van der Waals surface area contributed by atoms with Crippen LogP contribution >= 0.6 is 0 Å². The highest BCUT2D eigenvalue weighted by atomic mass is 19.2. The van der Waals surface area contributed by atoms with E-state index < -0.39 is 51.6 Å². The Balaban J connectivity index is 0.000000244. The van der Waals surface area contributed by atoms with Gasteiger partial charge in [-0.25, -0.2) is 26.3 Å². The fourth-order valence-electron chi connectivity index (χ4n) is 9.89. The highest BCUT2D eigenvalue weighted by molar-refractivity contribution is 5.42. The molecule has 9 heteroatoms. The van der Waals surface area contributed by atoms with Crippen molar-refractivity contribution in [3.63, 3.8) is 0 Å². The summed E-state index contributed by atoms with van der Waals surface area (Å²) in [5.41, 5.74) is 4.23. The smallest absolute Gasteiger partial charge is 0.144 e. The molecule has 0 aromatic heterocycles. The molecule has 0 heterocycles. The molecule has 0 radical (unpaired) electrons. The Kier molecular flexibility index (Phi) is 29.1. The zero-order chi connectivity index (χ0) is 54.2. The molecule has 3 aromatic carbocycles. The fourth-order valence-corrected chi connectivity index (χ4v) is 9.89. The highest BCUT2D eigenvalue weighted by Crippen LogP contribution is 2.34. The minimum absolute atomic E-state index is 0.0185. The van der Waals surface area contributed by atoms with E-state index in [1.807, 2.05) is 18.2 Å². The van der Waals surface area contributed by atoms with Gasteiger partial charge >= 0.3 is 0 Å². The Hall–Kier alpha value is -5.85. The van der Waals surface area contributed by atoms with Crippen LogP contribution in [0.5, 0.6) is 0 Å². The van der Waals surface area contributed by atoms with Gasteiger partial charge < -0.3 is 0 Å². The van der Waals surface area contributed by atoms with E-state index in [0.717, 1.165) is 38.5 Å². The quantitative estimate of drug-likeness (QED) is 0.0564. The summed E-state index contributed by atoms with van der Waals surface area (Å²) < 4.78 is 82.5. The van der Waals surface area contributed by atoms with Gasteiger partial charge in [0.2, 0.25) is 0 Å². The van der Waals surface area contributed by atoms with Gasteiger partial charge in [0, 0.05) is 17.8 Å². The van der Waals surface area contributed by atoms with Gasteiger partial charge in [0.15, 0.2) is 0 Å². The number of nitriles is 3. The number of allylic oxidation sites excluding steroid dienone is 12. The van der Waals surface area contributed by atoms with Crippen LogP contribution in [0.2, 0.25) is 0 Å². The lowest BCUT2D eigenvalue weighted by molar-refractivity contribution is 0.569. The molecule has 0 aliphatic heterocycles. The molecule has 3 aliphatic carbocycles. The summed E-state index contributed by atoms with van der Waals surface area (Å²) in [5, 5.41) is 26.2. The summed E-state index contributed by atoms with van der Waals surface area (Å²) in [6.07, 6.45) is 51.6. The molecule has 0 bridgehead atoms. The van der Waals surface area contributed by atoms with Gasteiger partial charge in [0.05, 0.1) is 0 Å². The molecule has 3 aliphatic rings. The molecule has 0 N–H and O–H groups in total. The van der Waals surface area contributed by atoms with Crippen LogP contribution in [0.4, 0.5) is 26.3 Å². The van der Waals surface area contributed by atoms with Crippen molar-refractivity contribution >= 4 is 0 Å². The lowest BCUT2D eigenvalue weighted by Crippen LogP contribution is -2.02. The van der Waals surface area contributed by atoms with E-state index >= 15 is 0 Å². The van der Waals surface area contributed by atoms with Crippen LogP contribution in [0, 0.1) is 68.9 Å². The molecular weight excluding hydrogens is 949 g/mol. The Bertz CT molecular complexity index is 2490. The second-order valence-electron chi connectivity index (χ2n) is 20.5. The third-order valence-corrected chi connectivity index (χ3v) is 14.5. The Morgan fingerprint density at radius 3 is 0.747 bits per heavy atom. The molecule has 0 spiro atoms. The van der Waals surface area contributed by atoms with E-state index in [9.17, 15) is 26.3 Å². The van der Waals surface area contributed by atoms with Crippen LogP contribution in [0.1, 0.15) is 245 Å². The van der Waals surface area contributed by atoms with Crippen LogP contribution in [0.25, 0.3) is 0 Å². The number of halogens is 6. The molecule has 3 atom stereocenters. The van der Waals surface area contributed by atoms with E-state index in [2.05, 4.69) is 57.2 Å². The van der Waals surface area contributed by atoms with Crippen molar-refractivity contribution in [2.75, 3.05) is 0 Å². The molecule has 3 unspecified atom stereocenters. The summed E-state index contributed by atoms with van der Waals surface area (Å²) in [6, 6.07) is 12.4. The average Bonchev–Trinajstić information content (AvgIpc) is 3.41. The summed E-state index contributed by atoms with van der Waals surface area (Å²) in [6.45, 7) is 6.69. The van der Waals surface area contributed by atoms with Gasteiger partial charge in [0.1, 0.15) is 69.8 Å². The minimum Gasteiger partial charge on any atom is -0.205 e. The SMILES string of the molecule is CCCCCCCCC1=CCC(c2cc(F)c(C#N)c(F)c2)C=C1.CCCCCCCCCC1=CCC(c2cc(F)c(C#N)c(F)c2)C=C1.CCCCCCCCCCC1=CCC(c2cc(F)c(C#N)c(F)c2)C=C1. The van der Waals surface area contributed by atoms with Crippen LogP contribution in [0.3, 0.4) is 0 Å². The number of benzene rings is 3. The first-order valence-electron chi connectivity index (χ1n) is 28.2. The maximum absolute atomic E-state index is 13.8. The zero-order valence-corrected chi connectivity index (χ0v) is 45.1. The summed E-state index contributed by atoms with van der Waals surface area (Å²) in [7, 11) is 0. The first-order chi connectivity index (χ1) is 36.5. The van der Waals surface area contributed by atoms with Crippen molar-refractivity contribution in [2.24, 2.45) is 0 Å². The van der Waals surface area contributed by atoms with Crippen LogP contribution in [0.15, 0.2) is 108 Å². The van der Waals surface area contributed by atoms with Crippen molar-refractivity contribution < 1.29 is 26.3 Å². The second kappa shape index (κ2) is 35.4. The second-order valence-corrected chi connectivity index (χ2v) is 20.5. The lowest BCUT2D eigenvalue weighted by Gasteiger charge is -2.17. The lowest BCUT2D eigenvalue weighted by atomic mass is 9.88. The highest BCUT2D eigenvalue weighted by Gasteiger charge is 2.20. The maximum Gasteiger partial charge on any atom is 0.144 e. The minimum atomic E-state index is -0.775. The first kappa shape index (κ1) is 61.7. The summed E-state index contributed by atoms with van der Waals surface area (Å²) in [5.74, 6) is -4.70. The van der Waals surface area contributed by atoms with Gasteiger partial charge in [-0.05, 0) is 111 Å². The van der Waals surface area contributed by atoms with Crippen LogP contribution < -0.4 is 0 Å². The number of rotatable bonds is 27. The predicted octanol–water partition coefficient (Wildman–Crippen LogP) is 20.8. The van der Waals surface area contributed by atoms with Crippen molar-refractivity contribution in [1.29, 1.82) is 15.8 Å². The van der Waals surface area contributed by atoms with E-state index in [4.69, 9.17) is 15.8 Å². The van der Waals surface area contributed by atoms with Crippen LogP contribution in [-0.4, -0.2) is 0 Å². The number of unbranched alkanes of at least 4 members (excludes halogenated alkanes) is 18. The standard InChI is InChI=1S/C23H29F2N.C22H27F2N.C21H25F2N/c1-2-3-4-5-6-7-8-9-10-18-11-13-19(14-12-18)20-15-22(24)21(17-26)23(25)16-20;1-2-3-4-5-6-7-8-9-17-10-12-18(13-11-17)19-14-21(23)20(16-25)22(24)15-19;1-2-3-4-5-6-7-8-16-9-11-17(12-10-16)18-13-20(22)19(15-24)21(23)14-18/h11-13,15-16,19H,2-10,14H2,1H3;10-12,14-15,18H,2-9,13H2,1H3;9-11,13-14,17H,2-8,12H2,1H3. The molecular formula is C66H81F6N3. The van der Waals surface area contributed by atoms with Crippen LogP contribution in [-0.2, 0) is 0 Å². The van der Waals surface area contributed by atoms with Gasteiger partial charge in [0.25, 0.3) is 0 Å².